The molecule has 2 aromatic heterocycles. The first-order chi connectivity index (χ1) is 9.86. The number of halogens is 4. The predicted molar refractivity (Wildman–Crippen MR) is 72.3 cm³/mol. The van der Waals surface area contributed by atoms with Crippen LogP contribution in [0.1, 0.15) is 5.56 Å². The SMILES string of the molecule is Oc1ccn2c(-c3cccc(C(F)(F)F)c3)nc(Cl)c2c1. The molecule has 0 amide bonds. The van der Waals surface area contributed by atoms with E-state index in [0.717, 1.165) is 12.1 Å². The van der Waals surface area contributed by atoms with E-state index >= 15 is 0 Å². The maximum atomic E-state index is 12.8. The fourth-order valence-electron chi connectivity index (χ4n) is 2.07. The smallest absolute Gasteiger partial charge is 0.416 e. The lowest BCUT2D eigenvalue weighted by molar-refractivity contribution is -0.137. The van der Waals surface area contributed by atoms with E-state index in [1.54, 1.807) is 0 Å². The van der Waals surface area contributed by atoms with Gasteiger partial charge in [0.2, 0.25) is 0 Å². The Hall–Kier alpha value is -2.21. The lowest BCUT2D eigenvalue weighted by Crippen LogP contribution is -2.04. The van der Waals surface area contributed by atoms with E-state index in [9.17, 15) is 18.3 Å². The van der Waals surface area contributed by atoms with Crippen molar-refractivity contribution in [3.05, 3.63) is 53.3 Å². The molecule has 0 atom stereocenters. The van der Waals surface area contributed by atoms with Crippen LogP contribution in [-0.2, 0) is 6.18 Å². The van der Waals surface area contributed by atoms with E-state index in [4.69, 9.17) is 11.6 Å². The summed E-state index contributed by atoms with van der Waals surface area (Å²) < 4.78 is 39.8. The highest BCUT2D eigenvalue weighted by molar-refractivity contribution is 6.33. The molecule has 1 N–H and O–H groups in total. The molecule has 0 bridgehead atoms. The predicted octanol–water partition coefficient (Wildman–Crippen LogP) is 4.38. The van der Waals surface area contributed by atoms with Crippen LogP contribution in [-0.4, -0.2) is 14.5 Å². The zero-order chi connectivity index (χ0) is 15.2. The third kappa shape index (κ3) is 2.42. The van der Waals surface area contributed by atoms with Crippen LogP contribution in [0.4, 0.5) is 13.2 Å². The number of aromatic hydroxyl groups is 1. The molecule has 0 aliphatic carbocycles. The largest absolute Gasteiger partial charge is 0.508 e. The molecule has 21 heavy (non-hydrogen) atoms. The zero-order valence-corrected chi connectivity index (χ0v) is 11.2. The normalized spacial score (nSPS) is 12.0. The van der Waals surface area contributed by atoms with Gasteiger partial charge in [0.25, 0.3) is 0 Å². The average Bonchev–Trinajstić information content (AvgIpc) is 2.75. The quantitative estimate of drug-likeness (QED) is 0.724. The van der Waals surface area contributed by atoms with E-state index in [1.165, 1.54) is 34.9 Å². The maximum Gasteiger partial charge on any atom is 0.416 e. The van der Waals surface area contributed by atoms with Gasteiger partial charge in [-0.2, -0.15) is 13.2 Å². The van der Waals surface area contributed by atoms with Crippen LogP contribution in [0.25, 0.3) is 16.9 Å². The molecule has 0 spiro atoms. The van der Waals surface area contributed by atoms with Gasteiger partial charge in [-0.15, -0.1) is 0 Å². The molecule has 0 aliphatic rings. The Kier molecular flexibility index (Phi) is 3.06. The molecule has 0 unspecified atom stereocenters. The van der Waals surface area contributed by atoms with Gasteiger partial charge in [-0.1, -0.05) is 23.7 Å². The second-order valence-corrected chi connectivity index (χ2v) is 4.80. The van der Waals surface area contributed by atoms with Crippen molar-refractivity contribution in [1.82, 2.24) is 9.38 Å². The Morgan fingerprint density at radius 2 is 1.90 bits per heavy atom. The Bertz CT molecular complexity index is 827. The number of nitrogens with zero attached hydrogens (tertiary/aromatic N) is 2. The summed E-state index contributed by atoms with van der Waals surface area (Å²) in [5.74, 6) is 0.279. The van der Waals surface area contributed by atoms with Crippen molar-refractivity contribution in [3.63, 3.8) is 0 Å². The van der Waals surface area contributed by atoms with Gasteiger partial charge in [0.05, 0.1) is 11.1 Å². The van der Waals surface area contributed by atoms with Crippen LogP contribution in [0, 0.1) is 0 Å². The highest BCUT2D eigenvalue weighted by atomic mass is 35.5. The van der Waals surface area contributed by atoms with Gasteiger partial charge >= 0.3 is 6.18 Å². The fraction of sp³-hybridized carbons (Fsp3) is 0.0714. The van der Waals surface area contributed by atoms with E-state index in [2.05, 4.69) is 4.98 Å². The van der Waals surface area contributed by atoms with Crippen LogP contribution >= 0.6 is 11.6 Å². The molecule has 0 fully saturated rings. The molecule has 0 saturated carbocycles. The molecule has 2 heterocycles. The number of hydrogen-bond acceptors (Lipinski definition) is 2. The number of benzene rings is 1. The highest BCUT2D eigenvalue weighted by Gasteiger charge is 2.30. The minimum Gasteiger partial charge on any atom is -0.508 e. The Labute approximate surface area is 122 Å². The standard InChI is InChI=1S/C14H8ClF3N2O/c15-12-11-7-10(21)4-5-20(11)13(19-12)8-2-1-3-9(6-8)14(16,17)18/h1-7,21H. The van der Waals surface area contributed by atoms with E-state index in [0.29, 0.717) is 5.52 Å². The minimum absolute atomic E-state index is 0.0000998. The molecule has 3 nitrogen and oxygen atoms in total. The first-order valence-electron chi connectivity index (χ1n) is 5.90. The second kappa shape index (κ2) is 4.66. The number of fused-ring (bicyclic) bond motifs is 1. The molecule has 7 heteroatoms. The van der Waals surface area contributed by atoms with Gasteiger partial charge in [-0.3, -0.25) is 4.40 Å². The maximum absolute atomic E-state index is 12.8. The lowest BCUT2D eigenvalue weighted by atomic mass is 10.1. The fourth-order valence-corrected chi connectivity index (χ4v) is 2.30. The number of rotatable bonds is 1. The molecular formula is C14H8ClF3N2O. The summed E-state index contributed by atoms with van der Waals surface area (Å²) in [7, 11) is 0. The molecule has 108 valence electrons. The van der Waals surface area contributed by atoms with Crippen LogP contribution < -0.4 is 0 Å². The van der Waals surface area contributed by atoms with Crippen molar-refractivity contribution >= 4 is 17.1 Å². The van der Waals surface area contributed by atoms with Gasteiger partial charge in [-0.05, 0) is 18.2 Å². The summed E-state index contributed by atoms with van der Waals surface area (Å²) in [6, 6.07) is 7.64. The van der Waals surface area contributed by atoms with Crippen molar-refractivity contribution in [3.8, 4) is 17.1 Å². The first-order valence-corrected chi connectivity index (χ1v) is 6.28. The van der Waals surface area contributed by atoms with Crippen molar-refractivity contribution < 1.29 is 18.3 Å². The van der Waals surface area contributed by atoms with Crippen molar-refractivity contribution in [2.24, 2.45) is 0 Å². The molecule has 3 aromatic rings. The van der Waals surface area contributed by atoms with Crippen molar-refractivity contribution in [2.45, 2.75) is 6.18 Å². The van der Waals surface area contributed by atoms with Crippen LogP contribution in [0.3, 0.4) is 0 Å². The van der Waals surface area contributed by atoms with Crippen LogP contribution in [0.2, 0.25) is 5.15 Å². The van der Waals surface area contributed by atoms with Crippen molar-refractivity contribution in [2.75, 3.05) is 0 Å². The van der Waals surface area contributed by atoms with Gasteiger partial charge in [-0.25, -0.2) is 4.98 Å². The zero-order valence-electron chi connectivity index (χ0n) is 10.4. The van der Waals surface area contributed by atoms with E-state index < -0.39 is 11.7 Å². The van der Waals surface area contributed by atoms with Crippen LogP contribution in [0.15, 0.2) is 42.6 Å². The van der Waals surface area contributed by atoms with Gasteiger partial charge in [0, 0.05) is 17.8 Å². The summed E-state index contributed by atoms with van der Waals surface area (Å²) in [5.41, 5.74) is -0.0480. The summed E-state index contributed by atoms with van der Waals surface area (Å²) in [6.45, 7) is 0. The topological polar surface area (TPSA) is 37.5 Å². The summed E-state index contributed by atoms with van der Waals surface area (Å²) in [6.07, 6.45) is -2.93. The summed E-state index contributed by atoms with van der Waals surface area (Å²) >= 11 is 5.96. The number of alkyl halides is 3. The molecular weight excluding hydrogens is 305 g/mol. The Morgan fingerprint density at radius 3 is 2.62 bits per heavy atom. The second-order valence-electron chi connectivity index (χ2n) is 4.44. The Morgan fingerprint density at radius 1 is 1.14 bits per heavy atom. The number of hydrogen-bond donors (Lipinski definition) is 1. The van der Waals surface area contributed by atoms with E-state index in [1.807, 2.05) is 0 Å². The Balaban J connectivity index is 2.22. The molecule has 3 rings (SSSR count). The lowest BCUT2D eigenvalue weighted by Gasteiger charge is -2.08. The molecule has 1 aromatic carbocycles. The highest BCUT2D eigenvalue weighted by Crippen LogP contribution is 2.33. The molecule has 0 aliphatic heterocycles. The third-order valence-corrected chi connectivity index (χ3v) is 3.31. The number of pyridine rings is 1. The van der Waals surface area contributed by atoms with E-state index in [-0.39, 0.29) is 22.3 Å². The average molecular weight is 313 g/mol. The molecule has 0 saturated heterocycles. The van der Waals surface area contributed by atoms with Gasteiger partial charge in [0.1, 0.15) is 11.6 Å². The van der Waals surface area contributed by atoms with Crippen molar-refractivity contribution in [1.29, 1.82) is 0 Å². The van der Waals surface area contributed by atoms with Gasteiger partial charge in [0.15, 0.2) is 5.15 Å². The molecule has 0 radical (unpaired) electrons. The van der Waals surface area contributed by atoms with Crippen LogP contribution in [0.5, 0.6) is 5.75 Å². The first kappa shape index (κ1) is 13.8. The number of imidazole rings is 1. The minimum atomic E-state index is -4.43. The summed E-state index contributed by atoms with van der Waals surface area (Å²) in [5, 5.41) is 9.55. The third-order valence-electron chi connectivity index (χ3n) is 3.03. The monoisotopic (exact) mass is 312 g/mol. The summed E-state index contributed by atoms with van der Waals surface area (Å²) in [4.78, 5) is 4.07. The number of aromatic nitrogens is 2. The van der Waals surface area contributed by atoms with Gasteiger partial charge < -0.3 is 5.11 Å².